The summed E-state index contributed by atoms with van der Waals surface area (Å²) in [7, 11) is 0. The maximum Gasteiger partial charge on any atom is 0.264 e. The normalized spacial score (nSPS) is 14.1. The van der Waals surface area contributed by atoms with Crippen molar-refractivity contribution in [3.05, 3.63) is 73.7 Å². The lowest BCUT2D eigenvalue weighted by Gasteiger charge is -2.34. The van der Waals surface area contributed by atoms with Crippen molar-refractivity contribution >= 4 is 56.3 Å². The van der Waals surface area contributed by atoms with Crippen molar-refractivity contribution in [2.45, 2.75) is 6.54 Å². The quantitative estimate of drug-likeness (QED) is 0.428. The zero-order chi connectivity index (χ0) is 22.9. The number of nitrogens with zero attached hydrogens (tertiary/aromatic N) is 4. The summed E-state index contributed by atoms with van der Waals surface area (Å²) < 4.78 is 1.36. The van der Waals surface area contributed by atoms with Gasteiger partial charge in [0.05, 0.1) is 16.6 Å². The van der Waals surface area contributed by atoms with Gasteiger partial charge in [-0.05, 0) is 29.1 Å². The number of rotatable bonds is 4. The number of carbonyl (C=O) groups is 2. The summed E-state index contributed by atoms with van der Waals surface area (Å²) in [6, 6.07) is 10.9. The molecular weight excluding hydrogens is 480 g/mol. The Morgan fingerprint density at radius 1 is 1.00 bits per heavy atom. The van der Waals surface area contributed by atoms with Gasteiger partial charge in [-0.3, -0.25) is 19.0 Å². The van der Waals surface area contributed by atoms with Crippen LogP contribution in [0.25, 0.3) is 21.3 Å². The van der Waals surface area contributed by atoms with E-state index in [4.69, 9.17) is 11.6 Å². The Morgan fingerprint density at radius 3 is 2.42 bits per heavy atom. The van der Waals surface area contributed by atoms with E-state index >= 15 is 0 Å². The number of hydrogen-bond acceptors (Lipinski definition) is 6. The van der Waals surface area contributed by atoms with E-state index in [0.717, 1.165) is 11.1 Å². The first-order valence-electron chi connectivity index (χ1n) is 10.3. The number of amides is 2. The number of thiophene rings is 2. The van der Waals surface area contributed by atoms with Crippen LogP contribution in [0.15, 0.2) is 58.3 Å². The number of fused-ring (bicyclic) bond motifs is 1. The molecule has 0 unspecified atom stereocenters. The zero-order valence-corrected chi connectivity index (χ0v) is 19.8. The lowest BCUT2D eigenvalue weighted by atomic mass is 10.1. The molecule has 4 heterocycles. The molecule has 0 N–H and O–H groups in total. The minimum absolute atomic E-state index is 0.00448. The van der Waals surface area contributed by atoms with Crippen LogP contribution in [-0.4, -0.2) is 57.3 Å². The molecule has 0 radical (unpaired) electrons. The van der Waals surface area contributed by atoms with Crippen LogP contribution in [0.3, 0.4) is 0 Å². The number of piperazine rings is 1. The fourth-order valence-electron chi connectivity index (χ4n) is 3.88. The molecule has 2 amide bonds. The molecule has 0 bridgehead atoms. The Kier molecular flexibility index (Phi) is 6.01. The Labute approximate surface area is 202 Å². The Balaban J connectivity index is 1.31. The highest BCUT2D eigenvalue weighted by molar-refractivity contribution is 7.17. The molecule has 33 heavy (non-hydrogen) atoms. The monoisotopic (exact) mass is 498 g/mol. The summed E-state index contributed by atoms with van der Waals surface area (Å²) in [5.41, 5.74) is 1.41. The molecule has 0 spiro atoms. The molecule has 1 fully saturated rings. The van der Waals surface area contributed by atoms with Crippen LogP contribution >= 0.6 is 34.3 Å². The van der Waals surface area contributed by atoms with E-state index < -0.39 is 0 Å². The highest BCUT2D eigenvalue weighted by atomic mass is 35.5. The second-order valence-electron chi connectivity index (χ2n) is 7.66. The largest absolute Gasteiger partial charge is 0.338 e. The van der Waals surface area contributed by atoms with Crippen LogP contribution in [0.2, 0.25) is 5.02 Å². The van der Waals surface area contributed by atoms with Gasteiger partial charge >= 0.3 is 0 Å². The summed E-state index contributed by atoms with van der Waals surface area (Å²) in [5.74, 6) is -0.167. The third-order valence-electron chi connectivity index (χ3n) is 5.67. The highest BCUT2D eigenvalue weighted by Crippen LogP contribution is 2.31. The van der Waals surface area contributed by atoms with Crippen molar-refractivity contribution in [2.24, 2.45) is 0 Å². The van der Waals surface area contributed by atoms with Gasteiger partial charge in [-0.2, -0.15) is 0 Å². The maximum absolute atomic E-state index is 13.2. The molecule has 1 aromatic carbocycles. The molecule has 5 rings (SSSR count). The molecule has 10 heteroatoms. The third-order valence-corrected chi connectivity index (χ3v) is 7.67. The van der Waals surface area contributed by atoms with Crippen LogP contribution in [0.5, 0.6) is 0 Å². The lowest BCUT2D eigenvalue weighted by molar-refractivity contribution is -0.133. The van der Waals surface area contributed by atoms with E-state index in [9.17, 15) is 14.4 Å². The second-order valence-corrected chi connectivity index (χ2v) is 9.91. The fraction of sp³-hybridized carbons (Fsp3) is 0.217. The molecule has 7 nitrogen and oxygen atoms in total. The topological polar surface area (TPSA) is 75.5 Å². The molecule has 3 aromatic heterocycles. The van der Waals surface area contributed by atoms with Crippen LogP contribution in [0.4, 0.5) is 0 Å². The SMILES string of the molecule is O=C(Cn1cnc2scc(-c3ccc(Cl)cc3)c2c1=O)N1CCN(C(=O)c2cccs2)CC1. The van der Waals surface area contributed by atoms with Gasteiger partial charge in [-0.25, -0.2) is 4.98 Å². The number of carbonyl (C=O) groups excluding carboxylic acids is 2. The average Bonchev–Trinajstić information content (AvgIpc) is 3.52. The highest BCUT2D eigenvalue weighted by Gasteiger charge is 2.26. The van der Waals surface area contributed by atoms with Crippen molar-refractivity contribution < 1.29 is 9.59 Å². The predicted octanol–water partition coefficient (Wildman–Crippen LogP) is 3.82. The van der Waals surface area contributed by atoms with E-state index in [1.165, 1.54) is 33.6 Å². The molecule has 1 aliphatic heterocycles. The van der Waals surface area contributed by atoms with Crippen LogP contribution < -0.4 is 5.56 Å². The average molecular weight is 499 g/mol. The Hall–Kier alpha value is -3.01. The molecule has 0 atom stereocenters. The first-order valence-corrected chi connectivity index (χ1v) is 12.5. The Morgan fingerprint density at radius 2 is 1.73 bits per heavy atom. The fourth-order valence-corrected chi connectivity index (χ4v) is 5.61. The van der Waals surface area contributed by atoms with Crippen LogP contribution in [0.1, 0.15) is 9.67 Å². The molecule has 0 saturated carbocycles. The number of hydrogen-bond donors (Lipinski definition) is 0. The summed E-state index contributed by atoms with van der Waals surface area (Å²) in [4.78, 5) is 47.8. The summed E-state index contributed by atoms with van der Waals surface area (Å²) in [6.07, 6.45) is 1.43. The predicted molar refractivity (Wildman–Crippen MR) is 131 cm³/mol. The van der Waals surface area contributed by atoms with Gasteiger partial charge in [0.1, 0.15) is 11.4 Å². The van der Waals surface area contributed by atoms with Gasteiger partial charge in [-0.15, -0.1) is 22.7 Å². The molecule has 0 aliphatic carbocycles. The van der Waals surface area contributed by atoms with E-state index in [1.54, 1.807) is 21.9 Å². The standard InChI is InChI=1S/C23H19ClN4O3S2/c24-16-5-3-15(4-6-16)17-13-33-21-20(17)23(31)28(14-25-21)12-19(29)26-7-9-27(10-8-26)22(30)18-2-1-11-32-18/h1-6,11,13-14H,7-10,12H2. The van der Waals surface area contributed by atoms with Crippen molar-refractivity contribution in [3.8, 4) is 11.1 Å². The van der Waals surface area contributed by atoms with Crippen LogP contribution in [-0.2, 0) is 11.3 Å². The van der Waals surface area contributed by atoms with Gasteiger partial charge < -0.3 is 9.80 Å². The molecule has 168 valence electrons. The number of benzene rings is 1. The minimum atomic E-state index is -0.244. The summed E-state index contributed by atoms with van der Waals surface area (Å²) >= 11 is 8.80. The van der Waals surface area contributed by atoms with Crippen molar-refractivity contribution in [1.82, 2.24) is 19.4 Å². The molecule has 4 aromatic rings. The number of aromatic nitrogens is 2. The first kappa shape index (κ1) is 21.8. The Bertz CT molecular complexity index is 1370. The lowest BCUT2D eigenvalue weighted by Crippen LogP contribution is -2.51. The van der Waals surface area contributed by atoms with E-state index in [1.807, 2.05) is 35.0 Å². The molecule has 1 aliphatic rings. The van der Waals surface area contributed by atoms with Crippen LogP contribution in [0, 0.1) is 0 Å². The zero-order valence-electron chi connectivity index (χ0n) is 17.4. The van der Waals surface area contributed by atoms with E-state index in [2.05, 4.69) is 4.98 Å². The summed E-state index contributed by atoms with van der Waals surface area (Å²) in [6.45, 7) is 1.74. The first-order chi connectivity index (χ1) is 16.0. The van der Waals surface area contributed by atoms with Gasteiger partial charge in [0.25, 0.3) is 11.5 Å². The van der Waals surface area contributed by atoms with Gasteiger partial charge in [-0.1, -0.05) is 29.8 Å². The molecular formula is C23H19ClN4O3S2. The maximum atomic E-state index is 13.2. The second kappa shape index (κ2) is 9.09. The number of halogens is 1. The van der Waals surface area contributed by atoms with Gasteiger partial charge in [0, 0.05) is 42.1 Å². The third kappa shape index (κ3) is 4.31. The van der Waals surface area contributed by atoms with E-state index in [0.29, 0.717) is 46.3 Å². The van der Waals surface area contributed by atoms with Crippen molar-refractivity contribution in [1.29, 1.82) is 0 Å². The van der Waals surface area contributed by atoms with E-state index in [-0.39, 0.29) is 23.9 Å². The molecule has 1 saturated heterocycles. The van der Waals surface area contributed by atoms with Gasteiger partial charge in [0.2, 0.25) is 5.91 Å². The van der Waals surface area contributed by atoms with Crippen molar-refractivity contribution in [3.63, 3.8) is 0 Å². The smallest absolute Gasteiger partial charge is 0.264 e. The van der Waals surface area contributed by atoms with Gasteiger partial charge in [0.15, 0.2) is 0 Å². The minimum Gasteiger partial charge on any atom is -0.338 e. The van der Waals surface area contributed by atoms with Crippen molar-refractivity contribution in [2.75, 3.05) is 26.2 Å². The summed E-state index contributed by atoms with van der Waals surface area (Å²) in [5, 5.41) is 4.90.